The number of aliphatic hydroxyl groups is 1. The van der Waals surface area contributed by atoms with E-state index in [2.05, 4.69) is 10.6 Å². The van der Waals surface area contributed by atoms with Gasteiger partial charge in [0.2, 0.25) is 11.8 Å². The van der Waals surface area contributed by atoms with Crippen LogP contribution in [-0.4, -0.2) is 53.5 Å². The standard InChI is InChI=1S/C12H20N2O6/c1-5-11(20-8(4)17)9(13-6(2)15)10(12(18)19-5)14-7(3)16/h5,9-12,18H,1-4H3,(H,13,15)(H,14,16)/t5-,9+,10+,11-,12+/m0/s1. The van der Waals surface area contributed by atoms with Crippen LogP contribution in [0.3, 0.4) is 0 Å². The predicted molar refractivity (Wildman–Crippen MR) is 67.3 cm³/mol. The normalized spacial score (nSPS) is 33.1. The largest absolute Gasteiger partial charge is 0.458 e. The number of rotatable bonds is 3. The maximum absolute atomic E-state index is 11.3. The monoisotopic (exact) mass is 288 g/mol. The number of carbonyl (C=O) groups is 3. The van der Waals surface area contributed by atoms with E-state index in [1.165, 1.54) is 20.8 Å². The van der Waals surface area contributed by atoms with E-state index in [1.807, 2.05) is 0 Å². The molecular formula is C12H20N2O6. The Morgan fingerprint density at radius 3 is 2.00 bits per heavy atom. The Hall–Kier alpha value is -1.67. The first-order chi connectivity index (χ1) is 9.22. The van der Waals surface area contributed by atoms with Crippen molar-refractivity contribution in [3.05, 3.63) is 0 Å². The van der Waals surface area contributed by atoms with Crippen LogP contribution in [0.5, 0.6) is 0 Å². The van der Waals surface area contributed by atoms with Gasteiger partial charge in [0, 0.05) is 20.8 Å². The molecule has 0 aliphatic carbocycles. The summed E-state index contributed by atoms with van der Waals surface area (Å²) < 4.78 is 10.4. The number of hydrogen-bond acceptors (Lipinski definition) is 6. The number of ether oxygens (including phenoxy) is 2. The number of amides is 2. The zero-order valence-electron chi connectivity index (χ0n) is 11.9. The predicted octanol–water partition coefficient (Wildman–Crippen LogP) is -1.34. The Kier molecular flexibility index (Phi) is 5.46. The number of esters is 1. The van der Waals surface area contributed by atoms with Crippen LogP contribution in [0.2, 0.25) is 0 Å². The van der Waals surface area contributed by atoms with Crippen LogP contribution in [0.1, 0.15) is 27.7 Å². The Balaban J connectivity index is 3.01. The van der Waals surface area contributed by atoms with Gasteiger partial charge in [-0.3, -0.25) is 14.4 Å². The van der Waals surface area contributed by atoms with Crippen molar-refractivity contribution in [1.82, 2.24) is 10.6 Å². The van der Waals surface area contributed by atoms with Crippen LogP contribution in [0.4, 0.5) is 0 Å². The fourth-order valence-electron chi connectivity index (χ4n) is 2.22. The van der Waals surface area contributed by atoms with Crippen molar-refractivity contribution in [1.29, 1.82) is 0 Å². The van der Waals surface area contributed by atoms with Gasteiger partial charge < -0.3 is 25.2 Å². The van der Waals surface area contributed by atoms with Crippen LogP contribution >= 0.6 is 0 Å². The molecule has 0 saturated carbocycles. The third-order valence-corrected chi connectivity index (χ3v) is 2.91. The average molecular weight is 288 g/mol. The van der Waals surface area contributed by atoms with E-state index in [-0.39, 0.29) is 5.91 Å². The third-order valence-electron chi connectivity index (χ3n) is 2.91. The highest BCUT2D eigenvalue weighted by Crippen LogP contribution is 2.22. The molecule has 5 atom stereocenters. The molecule has 8 heteroatoms. The molecule has 0 bridgehead atoms. The summed E-state index contributed by atoms with van der Waals surface area (Å²) in [6.07, 6.45) is -2.75. The Bertz CT molecular complexity index is 371. The van der Waals surface area contributed by atoms with E-state index in [9.17, 15) is 19.5 Å². The molecule has 20 heavy (non-hydrogen) atoms. The number of aliphatic hydroxyl groups excluding tert-OH is 1. The maximum Gasteiger partial charge on any atom is 0.303 e. The van der Waals surface area contributed by atoms with Crippen molar-refractivity contribution in [2.24, 2.45) is 0 Å². The van der Waals surface area contributed by atoms with Crippen molar-refractivity contribution < 1.29 is 29.0 Å². The van der Waals surface area contributed by atoms with Crippen molar-refractivity contribution in [3.63, 3.8) is 0 Å². The lowest BCUT2D eigenvalue weighted by atomic mass is 9.94. The zero-order valence-corrected chi connectivity index (χ0v) is 11.9. The molecule has 1 rings (SSSR count). The molecule has 1 fully saturated rings. The molecule has 0 unspecified atom stereocenters. The molecule has 114 valence electrons. The molecule has 0 aromatic heterocycles. The fourth-order valence-corrected chi connectivity index (χ4v) is 2.22. The van der Waals surface area contributed by atoms with Gasteiger partial charge in [0.15, 0.2) is 6.29 Å². The molecule has 3 N–H and O–H groups in total. The lowest BCUT2D eigenvalue weighted by molar-refractivity contribution is -0.226. The summed E-state index contributed by atoms with van der Waals surface area (Å²) in [6, 6.07) is -1.68. The highest BCUT2D eigenvalue weighted by atomic mass is 16.6. The second-order valence-corrected chi connectivity index (χ2v) is 4.76. The van der Waals surface area contributed by atoms with Crippen LogP contribution in [0.25, 0.3) is 0 Å². The van der Waals surface area contributed by atoms with Crippen molar-refractivity contribution >= 4 is 17.8 Å². The van der Waals surface area contributed by atoms with Gasteiger partial charge in [-0.2, -0.15) is 0 Å². The summed E-state index contributed by atoms with van der Waals surface area (Å²) in [5, 5.41) is 15.0. The minimum absolute atomic E-state index is 0.371. The Morgan fingerprint density at radius 2 is 1.55 bits per heavy atom. The minimum Gasteiger partial charge on any atom is -0.458 e. The second-order valence-electron chi connectivity index (χ2n) is 4.76. The van der Waals surface area contributed by atoms with Gasteiger partial charge in [0.05, 0.1) is 12.1 Å². The first-order valence-electron chi connectivity index (χ1n) is 6.27. The molecule has 1 aliphatic heterocycles. The lowest BCUT2D eigenvalue weighted by Crippen LogP contribution is -2.68. The van der Waals surface area contributed by atoms with E-state index in [1.54, 1.807) is 6.92 Å². The van der Waals surface area contributed by atoms with Gasteiger partial charge in [0.1, 0.15) is 12.1 Å². The van der Waals surface area contributed by atoms with E-state index >= 15 is 0 Å². The molecular weight excluding hydrogens is 268 g/mol. The first-order valence-corrected chi connectivity index (χ1v) is 6.27. The fraction of sp³-hybridized carbons (Fsp3) is 0.750. The van der Waals surface area contributed by atoms with Crippen LogP contribution in [-0.2, 0) is 23.9 Å². The molecule has 2 amide bonds. The molecule has 0 radical (unpaired) electrons. The Morgan fingerprint density at radius 1 is 1.05 bits per heavy atom. The summed E-state index contributed by atoms with van der Waals surface area (Å²) in [6.45, 7) is 5.41. The van der Waals surface area contributed by atoms with E-state index in [4.69, 9.17) is 9.47 Å². The van der Waals surface area contributed by atoms with Crippen molar-refractivity contribution in [2.45, 2.75) is 58.3 Å². The third kappa shape index (κ3) is 4.17. The van der Waals surface area contributed by atoms with E-state index in [0.29, 0.717) is 0 Å². The number of nitrogens with one attached hydrogen (secondary N) is 2. The molecule has 1 heterocycles. The van der Waals surface area contributed by atoms with E-state index in [0.717, 1.165) is 0 Å². The SMILES string of the molecule is CC(=O)N[C@@H]1[C@@H](NC(C)=O)[C@H](O)O[C@@H](C)[C@@H]1OC(C)=O. The highest BCUT2D eigenvalue weighted by molar-refractivity contribution is 5.75. The number of hydrogen-bond donors (Lipinski definition) is 3. The smallest absolute Gasteiger partial charge is 0.303 e. The summed E-state index contributed by atoms with van der Waals surface area (Å²) >= 11 is 0. The van der Waals surface area contributed by atoms with Gasteiger partial charge in [-0.15, -0.1) is 0 Å². The Labute approximate surface area is 116 Å². The average Bonchev–Trinajstić information content (AvgIpc) is 2.27. The molecule has 0 aromatic rings. The van der Waals surface area contributed by atoms with E-state index < -0.39 is 42.5 Å². The van der Waals surface area contributed by atoms with Gasteiger partial charge >= 0.3 is 5.97 Å². The van der Waals surface area contributed by atoms with Gasteiger partial charge in [-0.25, -0.2) is 0 Å². The molecule has 1 aliphatic rings. The molecule has 8 nitrogen and oxygen atoms in total. The van der Waals surface area contributed by atoms with Gasteiger partial charge in [-0.05, 0) is 6.92 Å². The topological polar surface area (TPSA) is 114 Å². The summed E-state index contributed by atoms with van der Waals surface area (Å²) in [4.78, 5) is 33.7. The number of carbonyl (C=O) groups excluding carboxylic acids is 3. The molecule has 0 spiro atoms. The second kappa shape index (κ2) is 6.67. The van der Waals surface area contributed by atoms with Crippen LogP contribution in [0.15, 0.2) is 0 Å². The summed E-state index contributed by atoms with van der Waals surface area (Å²) in [7, 11) is 0. The zero-order chi connectivity index (χ0) is 15.4. The van der Waals surface area contributed by atoms with Gasteiger partial charge in [0.25, 0.3) is 0 Å². The van der Waals surface area contributed by atoms with Crippen molar-refractivity contribution in [2.75, 3.05) is 0 Å². The summed E-state index contributed by atoms with van der Waals surface area (Å²) in [5.74, 6) is -1.31. The summed E-state index contributed by atoms with van der Waals surface area (Å²) in [5.41, 5.74) is 0. The lowest BCUT2D eigenvalue weighted by Gasteiger charge is -2.43. The van der Waals surface area contributed by atoms with Crippen LogP contribution in [0, 0.1) is 0 Å². The van der Waals surface area contributed by atoms with Crippen molar-refractivity contribution in [3.8, 4) is 0 Å². The highest BCUT2D eigenvalue weighted by Gasteiger charge is 2.46. The first kappa shape index (κ1) is 16.4. The quantitative estimate of drug-likeness (QED) is 0.554. The minimum atomic E-state index is -1.31. The maximum atomic E-state index is 11.3. The molecule has 0 aromatic carbocycles. The van der Waals surface area contributed by atoms with Gasteiger partial charge in [-0.1, -0.05) is 0 Å². The molecule has 1 saturated heterocycles. The van der Waals surface area contributed by atoms with Crippen LogP contribution < -0.4 is 10.6 Å².